The van der Waals surface area contributed by atoms with E-state index >= 15 is 0 Å². The van der Waals surface area contributed by atoms with E-state index in [9.17, 15) is 14.0 Å². The minimum atomic E-state index is -1.42. The van der Waals surface area contributed by atoms with Crippen molar-refractivity contribution in [1.82, 2.24) is 5.32 Å². The van der Waals surface area contributed by atoms with Crippen molar-refractivity contribution >= 4 is 11.9 Å². The van der Waals surface area contributed by atoms with Crippen LogP contribution in [0.4, 0.5) is 4.39 Å². The predicted molar refractivity (Wildman–Crippen MR) is 52.1 cm³/mol. The van der Waals surface area contributed by atoms with Crippen molar-refractivity contribution < 1.29 is 19.1 Å². The maximum Gasteiger partial charge on any atom is 0.306 e. The van der Waals surface area contributed by atoms with Gasteiger partial charge in [-0.2, -0.15) is 0 Å². The van der Waals surface area contributed by atoms with Crippen molar-refractivity contribution in [2.75, 3.05) is 6.54 Å². The van der Waals surface area contributed by atoms with Crippen LogP contribution in [0.3, 0.4) is 0 Å². The molecular formula is C10H16FNO3. The molecule has 1 aliphatic carbocycles. The average Bonchev–Trinajstić information content (AvgIpc) is 2.16. The van der Waals surface area contributed by atoms with Crippen LogP contribution in [0.15, 0.2) is 0 Å². The summed E-state index contributed by atoms with van der Waals surface area (Å²) >= 11 is 0. The molecule has 0 bridgehead atoms. The summed E-state index contributed by atoms with van der Waals surface area (Å²) in [5.41, 5.74) is -1.42. The van der Waals surface area contributed by atoms with Crippen LogP contribution in [0.25, 0.3) is 0 Å². The zero-order valence-electron chi connectivity index (χ0n) is 8.75. The molecule has 0 aromatic carbocycles. The molecule has 0 unspecified atom stereocenters. The molecule has 15 heavy (non-hydrogen) atoms. The second kappa shape index (κ2) is 4.59. The minimum absolute atomic E-state index is 0.00529. The number of amides is 1. The molecule has 1 rings (SSSR count). The average molecular weight is 217 g/mol. The summed E-state index contributed by atoms with van der Waals surface area (Å²) in [7, 11) is 0. The second-order valence-electron chi connectivity index (χ2n) is 4.17. The van der Waals surface area contributed by atoms with Gasteiger partial charge in [0.2, 0.25) is 5.91 Å². The molecule has 0 radical (unpaired) electrons. The third-order valence-electron chi connectivity index (χ3n) is 2.89. The Kier molecular flexibility index (Phi) is 3.66. The highest BCUT2D eigenvalue weighted by molar-refractivity contribution is 5.73. The largest absolute Gasteiger partial charge is 0.481 e. The number of carbonyl (C=O) groups is 2. The highest BCUT2D eigenvalue weighted by Gasteiger charge is 2.37. The zero-order valence-corrected chi connectivity index (χ0v) is 8.75. The van der Waals surface area contributed by atoms with Crippen molar-refractivity contribution in [3.63, 3.8) is 0 Å². The van der Waals surface area contributed by atoms with Gasteiger partial charge in [0.25, 0.3) is 0 Å². The number of hydrogen-bond donors (Lipinski definition) is 2. The smallest absolute Gasteiger partial charge is 0.306 e. The SMILES string of the molecule is CC(=O)NCC1(F)CCC(C(=O)O)CC1. The Morgan fingerprint density at radius 1 is 1.47 bits per heavy atom. The summed E-state index contributed by atoms with van der Waals surface area (Å²) in [6, 6.07) is 0. The molecule has 0 aliphatic heterocycles. The van der Waals surface area contributed by atoms with Gasteiger partial charge < -0.3 is 10.4 Å². The van der Waals surface area contributed by atoms with Crippen LogP contribution < -0.4 is 5.32 Å². The van der Waals surface area contributed by atoms with Crippen molar-refractivity contribution in [2.45, 2.75) is 38.3 Å². The molecule has 1 aliphatic rings. The Labute approximate surface area is 87.9 Å². The predicted octanol–water partition coefficient (Wildman–Crippen LogP) is 1.11. The van der Waals surface area contributed by atoms with Gasteiger partial charge in [0, 0.05) is 6.92 Å². The van der Waals surface area contributed by atoms with Gasteiger partial charge in [0.1, 0.15) is 5.67 Å². The van der Waals surface area contributed by atoms with Crippen molar-refractivity contribution in [2.24, 2.45) is 5.92 Å². The molecule has 1 saturated carbocycles. The lowest BCUT2D eigenvalue weighted by atomic mass is 9.80. The number of hydrogen-bond acceptors (Lipinski definition) is 2. The number of rotatable bonds is 3. The summed E-state index contributed by atoms with van der Waals surface area (Å²) in [5, 5.41) is 11.2. The van der Waals surface area contributed by atoms with Crippen molar-refractivity contribution in [1.29, 1.82) is 0 Å². The summed E-state index contributed by atoms with van der Waals surface area (Å²) in [6.07, 6.45) is 1.13. The summed E-state index contributed by atoms with van der Waals surface area (Å²) in [5.74, 6) is -1.53. The fourth-order valence-electron chi connectivity index (χ4n) is 1.84. The first-order valence-corrected chi connectivity index (χ1v) is 5.09. The fraction of sp³-hybridized carbons (Fsp3) is 0.800. The summed E-state index contributed by atoms with van der Waals surface area (Å²) in [6.45, 7) is 1.33. The maximum absolute atomic E-state index is 14.0. The van der Waals surface area contributed by atoms with Crippen molar-refractivity contribution in [3.8, 4) is 0 Å². The molecule has 0 atom stereocenters. The van der Waals surface area contributed by atoms with Crippen LogP contribution in [0.5, 0.6) is 0 Å². The van der Waals surface area contributed by atoms with Gasteiger partial charge >= 0.3 is 5.97 Å². The van der Waals surface area contributed by atoms with Gasteiger partial charge in [-0.15, -0.1) is 0 Å². The minimum Gasteiger partial charge on any atom is -0.481 e. The normalized spacial score (nSPS) is 30.9. The lowest BCUT2D eigenvalue weighted by Crippen LogP contribution is -2.42. The zero-order chi connectivity index (χ0) is 11.5. The molecule has 0 spiro atoms. The molecule has 0 aromatic rings. The number of alkyl halides is 1. The van der Waals surface area contributed by atoms with E-state index in [2.05, 4.69) is 5.32 Å². The fourth-order valence-corrected chi connectivity index (χ4v) is 1.84. The molecule has 1 fully saturated rings. The third-order valence-corrected chi connectivity index (χ3v) is 2.89. The lowest BCUT2D eigenvalue weighted by Gasteiger charge is -2.32. The van der Waals surface area contributed by atoms with E-state index < -0.39 is 17.6 Å². The van der Waals surface area contributed by atoms with E-state index in [4.69, 9.17) is 5.11 Å². The topological polar surface area (TPSA) is 66.4 Å². The monoisotopic (exact) mass is 217 g/mol. The molecule has 4 nitrogen and oxygen atoms in total. The van der Waals surface area contributed by atoms with Crippen LogP contribution >= 0.6 is 0 Å². The number of carbonyl (C=O) groups excluding carboxylic acids is 1. The number of aliphatic carboxylic acids is 1. The molecule has 0 aromatic heterocycles. The van der Waals surface area contributed by atoms with E-state index in [1.54, 1.807) is 0 Å². The van der Waals surface area contributed by atoms with Gasteiger partial charge in [0.15, 0.2) is 0 Å². The van der Waals surface area contributed by atoms with Crippen LogP contribution in [0.1, 0.15) is 32.6 Å². The Morgan fingerprint density at radius 2 is 2.00 bits per heavy atom. The maximum atomic E-state index is 14.0. The van der Waals surface area contributed by atoms with Crippen LogP contribution in [0.2, 0.25) is 0 Å². The molecule has 5 heteroatoms. The van der Waals surface area contributed by atoms with E-state index in [0.29, 0.717) is 12.8 Å². The van der Waals surface area contributed by atoms with Gasteiger partial charge in [-0.1, -0.05) is 0 Å². The second-order valence-corrected chi connectivity index (χ2v) is 4.17. The molecular weight excluding hydrogens is 201 g/mol. The van der Waals surface area contributed by atoms with Crippen LogP contribution in [-0.2, 0) is 9.59 Å². The molecule has 0 saturated heterocycles. The van der Waals surface area contributed by atoms with E-state index in [1.165, 1.54) is 6.92 Å². The molecule has 0 heterocycles. The Morgan fingerprint density at radius 3 is 2.40 bits per heavy atom. The van der Waals surface area contributed by atoms with Crippen LogP contribution in [0, 0.1) is 5.92 Å². The van der Waals surface area contributed by atoms with Gasteiger partial charge in [-0.3, -0.25) is 9.59 Å². The quantitative estimate of drug-likeness (QED) is 0.744. The Hall–Kier alpha value is -1.13. The van der Waals surface area contributed by atoms with E-state index in [0.717, 1.165) is 0 Å². The summed E-state index contributed by atoms with van der Waals surface area (Å²) < 4.78 is 14.0. The molecule has 1 amide bonds. The van der Waals surface area contributed by atoms with Crippen LogP contribution in [-0.4, -0.2) is 29.2 Å². The third kappa shape index (κ3) is 3.49. The number of halogens is 1. The van der Waals surface area contributed by atoms with Gasteiger partial charge in [0.05, 0.1) is 12.5 Å². The summed E-state index contributed by atoms with van der Waals surface area (Å²) in [4.78, 5) is 21.3. The highest BCUT2D eigenvalue weighted by Crippen LogP contribution is 2.34. The highest BCUT2D eigenvalue weighted by atomic mass is 19.1. The number of carboxylic acid groups (broad SMARTS) is 1. The Balaban J connectivity index is 2.40. The first kappa shape index (κ1) is 11.9. The molecule has 86 valence electrons. The lowest BCUT2D eigenvalue weighted by molar-refractivity contribution is -0.144. The number of carboxylic acids is 1. The van der Waals surface area contributed by atoms with E-state index in [-0.39, 0.29) is 25.3 Å². The molecule has 2 N–H and O–H groups in total. The van der Waals surface area contributed by atoms with Crippen molar-refractivity contribution in [3.05, 3.63) is 0 Å². The Bertz CT molecular complexity index is 259. The van der Waals surface area contributed by atoms with Gasteiger partial charge in [-0.25, -0.2) is 4.39 Å². The standard InChI is InChI=1S/C10H16FNO3/c1-7(13)12-6-10(11)4-2-8(3-5-10)9(14)15/h8H,2-6H2,1H3,(H,12,13)(H,14,15). The van der Waals surface area contributed by atoms with Gasteiger partial charge in [-0.05, 0) is 25.7 Å². The number of nitrogens with one attached hydrogen (secondary N) is 1. The van der Waals surface area contributed by atoms with E-state index in [1.807, 2.05) is 0 Å². The first-order valence-electron chi connectivity index (χ1n) is 5.09. The first-order chi connectivity index (χ1) is 6.93.